The van der Waals surface area contributed by atoms with Gasteiger partial charge in [-0.05, 0) is 30.6 Å². The molecule has 2 heteroatoms. The third-order valence-electron chi connectivity index (χ3n) is 3.53. The van der Waals surface area contributed by atoms with Crippen LogP contribution in [-0.2, 0) is 4.74 Å². The molecule has 17 heavy (non-hydrogen) atoms. The monoisotopic (exact) mass is 228 g/mol. The summed E-state index contributed by atoms with van der Waals surface area (Å²) in [4.78, 5) is 0. The van der Waals surface area contributed by atoms with E-state index in [-0.39, 0.29) is 6.10 Å². The van der Waals surface area contributed by atoms with Crippen LogP contribution >= 0.6 is 0 Å². The first kappa shape index (κ1) is 10.5. The lowest BCUT2D eigenvalue weighted by molar-refractivity contribution is 0.127. The third-order valence-corrected chi connectivity index (χ3v) is 3.53. The molecule has 0 spiro atoms. The lowest BCUT2D eigenvalue weighted by Gasteiger charge is -2.26. The summed E-state index contributed by atoms with van der Waals surface area (Å²) in [7, 11) is 1.71. The van der Waals surface area contributed by atoms with Gasteiger partial charge in [-0.1, -0.05) is 24.3 Å². The molecular formula is C15H16O2. The maximum atomic E-state index is 5.76. The maximum absolute atomic E-state index is 5.76. The number of para-hydroxylation sites is 1. The molecule has 0 fully saturated rings. The highest BCUT2D eigenvalue weighted by Crippen LogP contribution is 2.38. The van der Waals surface area contributed by atoms with Crippen LogP contribution in [-0.4, -0.2) is 13.2 Å². The van der Waals surface area contributed by atoms with E-state index < -0.39 is 0 Å². The van der Waals surface area contributed by atoms with Crippen LogP contribution in [0.3, 0.4) is 0 Å². The maximum Gasteiger partial charge on any atom is 0.126 e. The molecule has 1 heterocycles. The molecule has 2 atom stereocenters. The van der Waals surface area contributed by atoms with E-state index in [1.165, 1.54) is 5.57 Å². The first-order valence-corrected chi connectivity index (χ1v) is 6.03. The van der Waals surface area contributed by atoms with Gasteiger partial charge >= 0.3 is 0 Å². The second-order valence-electron chi connectivity index (χ2n) is 4.57. The molecule has 0 saturated heterocycles. The smallest absolute Gasteiger partial charge is 0.126 e. The summed E-state index contributed by atoms with van der Waals surface area (Å²) in [5, 5.41) is 0. The molecule has 0 bridgehead atoms. The van der Waals surface area contributed by atoms with Gasteiger partial charge in [0.2, 0.25) is 0 Å². The predicted octanol–water partition coefficient (Wildman–Crippen LogP) is 3.40. The van der Waals surface area contributed by atoms with E-state index in [1.807, 2.05) is 24.5 Å². The number of hydrogen-bond acceptors (Lipinski definition) is 2. The van der Waals surface area contributed by atoms with Crippen molar-refractivity contribution in [2.24, 2.45) is 5.92 Å². The predicted molar refractivity (Wildman–Crippen MR) is 67.7 cm³/mol. The summed E-state index contributed by atoms with van der Waals surface area (Å²) in [6.45, 7) is 0. The highest BCUT2D eigenvalue weighted by Gasteiger charge is 2.29. The lowest BCUT2D eigenvalue weighted by Crippen LogP contribution is -2.20. The molecule has 2 nitrogen and oxygen atoms in total. The number of rotatable bonds is 2. The Kier molecular flexibility index (Phi) is 2.63. The topological polar surface area (TPSA) is 18.5 Å². The van der Waals surface area contributed by atoms with Gasteiger partial charge in [0.25, 0.3) is 0 Å². The fourth-order valence-electron chi connectivity index (χ4n) is 2.61. The first-order valence-electron chi connectivity index (χ1n) is 6.03. The summed E-state index contributed by atoms with van der Waals surface area (Å²) < 4.78 is 11.2. The Labute approximate surface area is 102 Å². The fourth-order valence-corrected chi connectivity index (χ4v) is 2.61. The number of benzene rings is 1. The molecule has 88 valence electrons. The van der Waals surface area contributed by atoms with E-state index in [4.69, 9.17) is 9.47 Å². The highest BCUT2D eigenvalue weighted by molar-refractivity contribution is 5.70. The summed E-state index contributed by atoms with van der Waals surface area (Å²) >= 11 is 0. The average Bonchev–Trinajstić information content (AvgIpc) is 2.85. The molecule has 0 amide bonds. The average molecular weight is 228 g/mol. The lowest BCUT2D eigenvalue weighted by atomic mass is 9.90. The quantitative estimate of drug-likeness (QED) is 0.722. The van der Waals surface area contributed by atoms with Crippen molar-refractivity contribution in [3.8, 4) is 5.75 Å². The molecule has 0 radical (unpaired) electrons. The van der Waals surface area contributed by atoms with Crippen molar-refractivity contribution in [3.05, 3.63) is 48.2 Å². The van der Waals surface area contributed by atoms with Crippen molar-refractivity contribution in [3.63, 3.8) is 0 Å². The molecule has 2 aliphatic rings. The minimum absolute atomic E-state index is 0.286. The summed E-state index contributed by atoms with van der Waals surface area (Å²) in [6.07, 6.45) is 8.76. The van der Waals surface area contributed by atoms with Crippen LogP contribution in [0.25, 0.3) is 5.57 Å². The van der Waals surface area contributed by atoms with Gasteiger partial charge in [0.1, 0.15) is 11.9 Å². The van der Waals surface area contributed by atoms with E-state index in [0.29, 0.717) is 5.92 Å². The number of methoxy groups -OCH3 is 1. The van der Waals surface area contributed by atoms with Crippen molar-refractivity contribution >= 4 is 5.57 Å². The zero-order valence-electron chi connectivity index (χ0n) is 9.93. The standard InChI is InChI=1S/C15H16O2/c1-16-15-7-3-2-6-13(15)12-9-11-5-4-8-14(11)17-10-12/h2-4,6-8,10-11,14H,5,9H2,1H3/t11-,14-/m1/s1. The van der Waals surface area contributed by atoms with Crippen LogP contribution in [0.15, 0.2) is 42.7 Å². The number of allylic oxidation sites excluding steroid dienone is 2. The van der Waals surface area contributed by atoms with Crippen molar-refractivity contribution in [1.82, 2.24) is 0 Å². The van der Waals surface area contributed by atoms with Crippen LogP contribution in [0.5, 0.6) is 5.75 Å². The summed E-state index contributed by atoms with van der Waals surface area (Å²) in [6, 6.07) is 8.12. The van der Waals surface area contributed by atoms with Crippen LogP contribution in [0.4, 0.5) is 0 Å². The zero-order chi connectivity index (χ0) is 11.7. The van der Waals surface area contributed by atoms with Gasteiger partial charge in [0, 0.05) is 11.5 Å². The summed E-state index contributed by atoms with van der Waals surface area (Å²) in [5.74, 6) is 1.52. The number of hydrogen-bond donors (Lipinski definition) is 0. The third kappa shape index (κ3) is 1.84. The number of ether oxygens (including phenoxy) is 2. The van der Waals surface area contributed by atoms with Crippen molar-refractivity contribution < 1.29 is 9.47 Å². The van der Waals surface area contributed by atoms with Crippen LogP contribution < -0.4 is 4.74 Å². The van der Waals surface area contributed by atoms with E-state index >= 15 is 0 Å². The van der Waals surface area contributed by atoms with Gasteiger partial charge in [0.05, 0.1) is 13.4 Å². The van der Waals surface area contributed by atoms with Gasteiger partial charge in [-0.2, -0.15) is 0 Å². The van der Waals surface area contributed by atoms with Crippen molar-refractivity contribution in [2.75, 3.05) is 7.11 Å². The molecule has 0 saturated carbocycles. The van der Waals surface area contributed by atoms with Crippen molar-refractivity contribution in [2.45, 2.75) is 18.9 Å². The summed E-state index contributed by atoms with van der Waals surface area (Å²) in [5.41, 5.74) is 2.40. The van der Waals surface area contributed by atoms with Crippen LogP contribution in [0.1, 0.15) is 18.4 Å². The second kappa shape index (κ2) is 4.28. The van der Waals surface area contributed by atoms with Crippen LogP contribution in [0.2, 0.25) is 0 Å². The molecule has 3 rings (SSSR count). The molecular weight excluding hydrogens is 212 g/mol. The number of fused-ring (bicyclic) bond motifs is 1. The second-order valence-corrected chi connectivity index (χ2v) is 4.57. The molecule has 0 unspecified atom stereocenters. The van der Waals surface area contributed by atoms with Crippen molar-refractivity contribution in [1.29, 1.82) is 0 Å². The molecule has 1 aliphatic heterocycles. The zero-order valence-corrected chi connectivity index (χ0v) is 9.93. The van der Waals surface area contributed by atoms with E-state index in [9.17, 15) is 0 Å². The Hall–Kier alpha value is -1.70. The Morgan fingerprint density at radius 2 is 2.18 bits per heavy atom. The minimum atomic E-state index is 0.286. The van der Waals surface area contributed by atoms with Gasteiger partial charge in [-0.3, -0.25) is 0 Å². The van der Waals surface area contributed by atoms with E-state index in [2.05, 4.69) is 18.2 Å². The van der Waals surface area contributed by atoms with Crippen LogP contribution in [0, 0.1) is 5.92 Å². The Morgan fingerprint density at radius 3 is 3.06 bits per heavy atom. The van der Waals surface area contributed by atoms with Gasteiger partial charge in [0.15, 0.2) is 0 Å². The molecule has 1 aromatic rings. The SMILES string of the molecule is COc1ccccc1C1=CO[C@@H]2C=CC[C@@H]2C1. The fraction of sp³-hybridized carbons (Fsp3) is 0.333. The molecule has 0 N–H and O–H groups in total. The first-order chi connectivity index (χ1) is 8.38. The molecule has 1 aromatic carbocycles. The van der Waals surface area contributed by atoms with E-state index in [0.717, 1.165) is 24.2 Å². The van der Waals surface area contributed by atoms with Gasteiger partial charge < -0.3 is 9.47 Å². The Morgan fingerprint density at radius 1 is 1.29 bits per heavy atom. The minimum Gasteiger partial charge on any atom is -0.496 e. The normalized spacial score (nSPS) is 26.1. The Bertz CT molecular complexity index is 474. The molecule has 1 aliphatic carbocycles. The Balaban J connectivity index is 1.90. The van der Waals surface area contributed by atoms with E-state index in [1.54, 1.807) is 7.11 Å². The largest absolute Gasteiger partial charge is 0.496 e. The molecule has 0 aromatic heterocycles. The highest BCUT2D eigenvalue weighted by atomic mass is 16.5. The van der Waals surface area contributed by atoms with Gasteiger partial charge in [-0.25, -0.2) is 0 Å². The van der Waals surface area contributed by atoms with Gasteiger partial charge in [-0.15, -0.1) is 0 Å².